The van der Waals surface area contributed by atoms with Crippen LogP contribution in [0, 0.1) is 29.1 Å². The Kier molecular flexibility index (Phi) is 5.76. The fourth-order valence-electron chi connectivity index (χ4n) is 7.44. The van der Waals surface area contributed by atoms with E-state index in [2.05, 4.69) is 0 Å². The van der Waals surface area contributed by atoms with Gasteiger partial charge in [0, 0.05) is 17.5 Å². The number of phenols is 1. The molecule has 1 saturated carbocycles. The summed E-state index contributed by atoms with van der Waals surface area (Å²) in [5.41, 5.74) is 0.861. The number of hydrogen-bond donors (Lipinski definition) is 1. The molecule has 0 radical (unpaired) electrons. The molecule has 2 saturated heterocycles. The number of rotatable bonds is 4. The molecule has 6 atom stereocenters. The first-order valence-corrected chi connectivity index (χ1v) is 13.5. The first-order valence-electron chi connectivity index (χ1n) is 13.2. The van der Waals surface area contributed by atoms with Gasteiger partial charge in [-0.05, 0) is 61.9 Å². The van der Waals surface area contributed by atoms with Gasteiger partial charge in [0.15, 0.2) is 0 Å². The number of para-hydroxylation sites is 1. The van der Waals surface area contributed by atoms with Gasteiger partial charge in [0.25, 0.3) is 0 Å². The van der Waals surface area contributed by atoms with Gasteiger partial charge in [0.05, 0.1) is 28.9 Å². The van der Waals surface area contributed by atoms with Crippen molar-refractivity contribution < 1.29 is 24.3 Å². The second kappa shape index (κ2) is 8.80. The molecule has 2 aromatic carbocycles. The number of allylic oxidation sites excluding steroid dienone is 2. The molecule has 0 aromatic heterocycles. The highest BCUT2D eigenvalue weighted by Gasteiger charge is 2.67. The van der Waals surface area contributed by atoms with Crippen LogP contribution in [-0.4, -0.2) is 40.2 Å². The van der Waals surface area contributed by atoms with Gasteiger partial charge < -0.3 is 5.11 Å². The van der Waals surface area contributed by atoms with Crippen molar-refractivity contribution in [3.63, 3.8) is 0 Å². The van der Waals surface area contributed by atoms with Crippen LogP contribution < -0.4 is 4.90 Å². The molecule has 6 unspecified atom stereocenters. The van der Waals surface area contributed by atoms with E-state index in [1.165, 1.54) is 21.9 Å². The van der Waals surface area contributed by atoms with Gasteiger partial charge in [0.2, 0.25) is 23.6 Å². The van der Waals surface area contributed by atoms with Gasteiger partial charge in [-0.15, -0.1) is 0 Å². The molecule has 4 aliphatic rings. The molecule has 2 aliphatic carbocycles. The summed E-state index contributed by atoms with van der Waals surface area (Å²) >= 11 is 6.69. The summed E-state index contributed by atoms with van der Waals surface area (Å²) in [5, 5.41) is 10.3. The molecule has 6 rings (SSSR count). The average molecular weight is 533 g/mol. The molecule has 8 heteroatoms. The number of likely N-dealkylation sites (tertiary alicyclic amines) is 1. The van der Waals surface area contributed by atoms with E-state index in [-0.39, 0.29) is 35.3 Å². The number of imide groups is 2. The molecule has 0 bridgehead atoms. The number of phenolic OH excluding ortho intramolecular Hbond substituents is 1. The molecule has 196 valence electrons. The molecule has 0 spiro atoms. The second-order valence-electron chi connectivity index (χ2n) is 11.0. The van der Waals surface area contributed by atoms with Gasteiger partial charge >= 0.3 is 0 Å². The number of aromatic hydroxyl groups is 1. The summed E-state index contributed by atoms with van der Waals surface area (Å²) in [6, 6.07) is 13.5. The summed E-state index contributed by atoms with van der Waals surface area (Å²) < 4.78 is 0. The van der Waals surface area contributed by atoms with Crippen LogP contribution in [0.4, 0.5) is 5.69 Å². The van der Waals surface area contributed by atoms with Crippen molar-refractivity contribution in [2.24, 2.45) is 29.1 Å². The van der Waals surface area contributed by atoms with Crippen LogP contribution in [0.25, 0.3) is 0 Å². The van der Waals surface area contributed by atoms with Crippen LogP contribution in [0.5, 0.6) is 5.75 Å². The molecule has 2 aromatic rings. The summed E-state index contributed by atoms with van der Waals surface area (Å²) in [6.45, 7) is 4.13. The Bertz CT molecular complexity index is 1400. The van der Waals surface area contributed by atoms with E-state index >= 15 is 0 Å². The number of amides is 4. The minimum atomic E-state index is -1.16. The number of benzene rings is 2. The van der Waals surface area contributed by atoms with E-state index in [0.717, 1.165) is 5.57 Å². The predicted octanol–water partition coefficient (Wildman–Crippen LogP) is 4.69. The van der Waals surface area contributed by atoms with Crippen LogP contribution in [0.15, 0.2) is 60.2 Å². The third-order valence-corrected chi connectivity index (χ3v) is 9.45. The third kappa shape index (κ3) is 3.27. The van der Waals surface area contributed by atoms with E-state index < -0.39 is 29.1 Å². The van der Waals surface area contributed by atoms with Crippen molar-refractivity contribution in [3.05, 3.63) is 70.8 Å². The van der Waals surface area contributed by atoms with E-state index in [1.54, 1.807) is 30.3 Å². The maximum atomic E-state index is 14.2. The van der Waals surface area contributed by atoms with Crippen molar-refractivity contribution >= 4 is 40.9 Å². The maximum absolute atomic E-state index is 14.2. The minimum Gasteiger partial charge on any atom is -0.508 e. The van der Waals surface area contributed by atoms with Crippen molar-refractivity contribution in [1.82, 2.24) is 4.90 Å². The molecular formula is C30H29ClN2O5. The van der Waals surface area contributed by atoms with Gasteiger partial charge in [-0.25, -0.2) is 4.90 Å². The van der Waals surface area contributed by atoms with E-state index in [1.807, 2.05) is 26.0 Å². The Morgan fingerprint density at radius 1 is 1.00 bits per heavy atom. The van der Waals surface area contributed by atoms with Crippen molar-refractivity contribution in [3.8, 4) is 5.75 Å². The number of carbonyl (C=O) groups excluding carboxylic acids is 4. The fraction of sp³-hybridized carbons (Fsp3) is 0.400. The topological polar surface area (TPSA) is 95.0 Å². The zero-order chi connectivity index (χ0) is 26.9. The van der Waals surface area contributed by atoms with Crippen molar-refractivity contribution in [2.75, 3.05) is 11.4 Å². The van der Waals surface area contributed by atoms with Crippen LogP contribution in [0.3, 0.4) is 0 Å². The normalized spacial score (nSPS) is 32.3. The summed E-state index contributed by atoms with van der Waals surface area (Å²) in [7, 11) is 0. The highest BCUT2D eigenvalue weighted by Crippen LogP contribution is 2.64. The quantitative estimate of drug-likeness (QED) is 0.455. The minimum absolute atomic E-state index is 0.00277. The first-order chi connectivity index (χ1) is 18.2. The summed E-state index contributed by atoms with van der Waals surface area (Å²) in [6.07, 6.45) is 3.39. The zero-order valence-corrected chi connectivity index (χ0v) is 22.0. The lowest BCUT2D eigenvalue weighted by Gasteiger charge is -2.49. The zero-order valence-electron chi connectivity index (χ0n) is 21.3. The van der Waals surface area contributed by atoms with Crippen molar-refractivity contribution in [2.45, 2.75) is 39.0 Å². The molecule has 4 amide bonds. The van der Waals surface area contributed by atoms with Crippen LogP contribution >= 0.6 is 11.6 Å². The van der Waals surface area contributed by atoms with Crippen LogP contribution in [0.1, 0.15) is 44.6 Å². The summed E-state index contributed by atoms with van der Waals surface area (Å²) in [5.74, 6) is -3.63. The standard InChI is InChI=1S/C30H29ClN2O5/c1-3-13-32-26(35)20-12-11-18-21(24(20)28(32)37)15-22-27(36)33(16-7-5-4-6-8-16)29(38)30(22,2)25(18)19-10-9-17(34)14-23(19)31/h4-11,14,20-22,24-25,34H,3,12-13,15H2,1-2H3. The highest BCUT2D eigenvalue weighted by molar-refractivity contribution is 6.32. The lowest BCUT2D eigenvalue weighted by atomic mass is 9.51. The monoisotopic (exact) mass is 532 g/mol. The van der Waals surface area contributed by atoms with E-state index in [9.17, 15) is 24.3 Å². The smallest absolute Gasteiger partial charge is 0.241 e. The molecular weight excluding hydrogens is 504 g/mol. The molecule has 38 heavy (non-hydrogen) atoms. The van der Waals surface area contributed by atoms with Crippen LogP contribution in [0.2, 0.25) is 5.02 Å². The van der Waals surface area contributed by atoms with Gasteiger partial charge in [-0.3, -0.25) is 24.1 Å². The lowest BCUT2D eigenvalue weighted by Crippen LogP contribution is -2.49. The Morgan fingerprint density at radius 3 is 2.42 bits per heavy atom. The SMILES string of the molecule is CCCN1C(=O)C2CC=C3C(CC4C(=O)N(c5ccccc5)C(=O)C4(C)C3c3ccc(O)cc3Cl)C2C1=O. The Hall–Kier alpha value is -3.45. The third-order valence-electron chi connectivity index (χ3n) is 9.12. The van der Waals surface area contributed by atoms with E-state index in [4.69, 9.17) is 11.6 Å². The maximum Gasteiger partial charge on any atom is 0.241 e. The van der Waals surface area contributed by atoms with Crippen LogP contribution in [-0.2, 0) is 19.2 Å². The number of nitrogens with zero attached hydrogens (tertiary/aromatic N) is 2. The molecule has 2 aliphatic heterocycles. The Balaban J connectivity index is 1.53. The highest BCUT2D eigenvalue weighted by atomic mass is 35.5. The number of carbonyl (C=O) groups is 4. The largest absolute Gasteiger partial charge is 0.508 e. The molecule has 7 nitrogen and oxygen atoms in total. The Labute approximate surface area is 226 Å². The average Bonchev–Trinajstić information content (AvgIpc) is 3.25. The molecule has 3 fully saturated rings. The van der Waals surface area contributed by atoms with Gasteiger partial charge in [-0.2, -0.15) is 0 Å². The number of anilines is 1. The number of fused-ring (bicyclic) bond motifs is 4. The number of halogens is 1. The van der Waals surface area contributed by atoms with Gasteiger partial charge in [0.1, 0.15) is 5.75 Å². The molecule has 1 N–H and O–H groups in total. The van der Waals surface area contributed by atoms with Crippen molar-refractivity contribution in [1.29, 1.82) is 0 Å². The lowest BCUT2D eigenvalue weighted by molar-refractivity contribution is -0.140. The predicted molar refractivity (Wildman–Crippen MR) is 141 cm³/mol. The summed E-state index contributed by atoms with van der Waals surface area (Å²) in [4.78, 5) is 57.7. The second-order valence-corrected chi connectivity index (χ2v) is 11.4. The Morgan fingerprint density at radius 2 is 1.74 bits per heavy atom. The first kappa shape index (κ1) is 24.9. The fourth-order valence-corrected chi connectivity index (χ4v) is 7.73. The van der Waals surface area contributed by atoms with Gasteiger partial charge in [-0.1, -0.05) is 54.4 Å². The number of hydrogen-bond acceptors (Lipinski definition) is 5. The molecule has 2 heterocycles. The van der Waals surface area contributed by atoms with E-state index in [0.29, 0.717) is 42.1 Å².